The van der Waals surface area contributed by atoms with Gasteiger partial charge in [-0.3, -0.25) is 9.59 Å². The zero-order valence-electron chi connectivity index (χ0n) is 23.8. The molecule has 0 radical (unpaired) electrons. The molecule has 2 amide bonds. The van der Waals surface area contributed by atoms with Gasteiger partial charge in [-0.2, -0.15) is 0 Å². The normalized spacial score (nSPS) is 17.0. The number of halogens is 3. The molecule has 0 fully saturated rings. The first-order chi connectivity index (χ1) is 20.9. The summed E-state index contributed by atoms with van der Waals surface area (Å²) in [5, 5.41) is 15.1. The van der Waals surface area contributed by atoms with Gasteiger partial charge in [0.2, 0.25) is 5.91 Å². The second-order valence-electron chi connectivity index (χ2n) is 10.6. The molecule has 8 nitrogen and oxygen atoms in total. The molecule has 1 aromatic heterocycles. The van der Waals surface area contributed by atoms with Crippen molar-refractivity contribution in [3.05, 3.63) is 107 Å². The topological polar surface area (TPSA) is 141 Å². The molecule has 0 spiro atoms. The van der Waals surface area contributed by atoms with E-state index < -0.39 is 52.4 Å². The number of fused-ring (bicyclic) bond motifs is 1. The Morgan fingerprint density at radius 1 is 1.07 bits per heavy atom. The van der Waals surface area contributed by atoms with Gasteiger partial charge in [-0.25, -0.2) is 18.2 Å². The van der Waals surface area contributed by atoms with Crippen LogP contribution >= 0.6 is 11.8 Å². The minimum atomic E-state index is -2.06. The lowest BCUT2D eigenvalue weighted by atomic mass is 9.80. The lowest BCUT2D eigenvalue weighted by Crippen LogP contribution is -2.43. The SMILES string of the molecule is CCSc1cc(C(=O)NC[C@@](O)(c2ccccc2)c2cc3c(c(-c4cc(F)c(F)cc4F)n2)OC[C@]3(C)C(N)=O)ccc1N. The van der Waals surface area contributed by atoms with Crippen LogP contribution in [0.15, 0.2) is 71.6 Å². The smallest absolute Gasteiger partial charge is 0.251 e. The molecule has 44 heavy (non-hydrogen) atoms. The molecule has 12 heteroatoms. The number of nitrogens with zero attached hydrogens (tertiary/aromatic N) is 1. The summed E-state index contributed by atoms with van der Waals surface area (Å²) in [6.45, 7) is 2.80. The molecule has 3 aromatic carbocycles. The molecule has 0 saturated carbocycles. The van der Waals surface area contributed by atoms with E-state index >= 15 is 4.39 Å². The number of carbonyl (C=O) groups is 2. The summed E-state index contributed by atoms with van der Waals surface area (Å²) in [7, 11) is 0. The number of primary amides is 1. The van der Waals surface area contributed by atoms with Crippen molar-refractivity contribution in [3.63, 3.8) is 0 Å². The van der Waals surface area contributed by atoms with Gasteiger partial charge in [0.05, 0.1) is 12.2 Å². The number of carbonyl (C=O) groups excluding carboxylic acids is 2. The number of nitrogens with one attached hydrogen (secondary N) is 1. The van der Waals surface area contributed by atoms with E-state index in [-0.39, 0.29) is 29.3 Å². The molecular formula is C32H29F3N4O4S. The van der Waals surface area contributed by atoms with Crippen molar-refractivity contribution < 1.29 is 32.6 Å². The highest BCUT2D eigenvalue weighted by atomic mass is 32.2. The minimum absolute atomic E-state index is 0.0674. The third-order valence-corrected chi connectivity index (χ3v) is 8.59. The van der Waals surface area contributed by atoms with Crippen LogP contribution in [0, 0.1) is 17.5 Å². The molecule has 2 heterocycles. The summed E-state index contributed by atoms with van der Waals surface area (Å²) in [5.74, 6) is -4.51. The quantitative estimate of drug-likeness (QED) is 0.121. The number of amides is 2. The van der Waals surface area contributed by atoms with Crippen LogP contribution in [-0.4, -0.2) is 40.8 Å². The third-order valence-electron chi connectivity index (χ3n) is 7.64. The van der Waals surface area contributed by atoms with Crippen molar-refractivity contribution in [2.75, 3.05) is 24.6 Å². The van der Waals surface area contributed by atoms with Crippen LogP contribution in [-0.2, 0) is 15.8 Å². The van der Waals surface area contributed by atoms with Crippen LogP contribution in [0.2, 0.25) is 0 Å². The molecule has 6 N–H and O–H groups in total. The van der Waals surface area contributed by atoms with E-state index in [0.29, 0.717) is 28.9 Å². The molecule has 1 aliphatic rings. The zero-order chi connectivity index (χ0) is 31.8. The number of hydrogen-bond acceptors (Lipinski definition) is 7. The van der Waals surface area contributed by atoms with E-state index in [9.17, 15) is 23.5 Å². The molecule has 2 atom stereocenters. The molecule has 0 bridgehead atoms. The average Bonchev–Trinajstić information content (AvgIpc) is 3.36. The van der Waals surface area contributed by atoms with Gasteiger partial charge in [-0.1, -0.05) is 37.3 Å². The third kappa shape index (κ3) is 5.46. The molecule has 1 aliphatic heterocycles. The van der Waals surface area contributed by atoms with Crippen molar-refractivity contribution >= 4 is 29.3 Å². The number of rotatable bonds is 9. The maximum Gasteiger partial charge on any atom is 0.251 e. The Bertz CT molecular complexity index is 1770. The summed E-state index contributed by atoms with van der Waals surface area (Å²) in [6.07, 6.45) is 0. The monoisotopic (exact) mass is 622 g/mol. The molecule has 5 rings (SSSR count). The fraction of sp³-hybridized carbons (Fsp3) is 0.219. The highest BCUT2D eigenvalue weighted by molar-refractivity contribution is 7.99. The Kier molecular flexibility index (Phi) is 8.32. The van der Waals surface area contributed by atoms with Gasteiger partial charge >= 0.3 is 0 Å². The number of thioether (sulfide) groups is 1. The van der Waals surface area contributed by atoms with E-state index in [1.807, 2.05) is 6.92 Å². The van der Waals surface area contributed by atoms with E-state index in [1.54, 1.807) is 48.5 Å². The van der Waals surface area contributed by atoms with Crippen LogP contribution in [0.3, 0.4) is 0 Å². The summed E-state index contributed by atoms with van der Waals surface area (Å²) < 4.78 is 49.1. The summed E-state index contributed by atoms with van der Waals surface area (Å²) in [6, 6.07) is 15.5. The van der Waals surface area contributed by atoms with Gasteiger partial charge in [-0.05, 0) is 48.6 Å². The van der Waals surface area contributed by atoms with Crippen molar-refractivity contribution in [2.24, 2.45) is 5.73 Å². The maximum absolute atomic E-state index is 15.1. The second-order valence-corrected chi connectivity index (χ2v) is 11.9. The number of hydrogen-bond donors (Lipinski definition) is 4. The standard InChI is InChI=1S/C32H29F3N4O4S/c1-3-44-25-11-17(9-10-24(25)36)29(40)38-15-32(42,18-7-5-4-6-8-18)26-13-20-28(43-16-31(20,2)30(37)41)27(39-26)19-12-22(34)23(35)14-21(19)33/h4-14,42H,3,15-16,36H2,1-2H3,(H2,37,41)(H,38,40)/t31-,32+/m0/s1. The Hall–Kier alpha value is -4.55. The number of anilines is 1. The lowest BCUT2D eigenvalue weighted by Gasteiger charge is -2.30. The molecule has 0 saturated heterocycles. The van der Waals surface area contributed by atoms with Gasteiger partial charge in [0.15, 0.2) is 11.6 Å². The highest BCUT2D eigenvalue weighted by Gasteiger charge is 2.46. The first-order valence-electron chi connectivity index (χ1n) is 13.6. The van der Waals surface area contributed by atoms with Gasteiger partial charge in [0.25, 0.3) is 5.91 Å². The van der Waals surface area contributed by atoms with E-state index in [0.717, 1.165) is 10.6 Å². The minimum Gasteiger partial charge on any atom is -0.489 e. The predicted molar refractivity (Wildman–Crippen MR) is 161 cm³/mol. The lowest BCUT2D eigenvalue weighted by molar-refractivity contribution is -0.123. The largest absolute Gasteiger partial charge is 0.489 e. The fourth-order valence-electron chi connectivity index (χ4n) is 5.01. The number of aliphatic hydroxyl groups is 1. The Labute approximate surface area is 255 Å². The highest BCUT2D eigenvalue weighted by Crippen LogP contribution is 2.47. The van der Waals surface area contributed by atoms with Crippen LogP contribution in [0.25, 0.3) is 11.3 Å². The van der Waals surface area contributed by atoms with Crippen molar-refractivity contribution in [3.8, 4) is 17.0 Å². The average molecular weight is 623 g/mol. The Morgan fingerprint density at radius 2 is 1.77 bits per heavy atom. The Balaban J connectivity index is 1.66. The van der Waals surface area contributed by atoms with Gasteiger partial charge in [0.1, 0.15) is 34.9 Å². The Morgan fingerprint density at radius 3 is 2.45 bits per heavy atom. The summed E-state index contributed by atoms with van der Waals surface area (Å²) >= 11 is 1.47. The van der Waals surface area contributed by atoms with E-state index in [1.165, 1.54) is 24.8 Å². The van der Waals surface area contributed by atoms with Gasteiger partial charge in [0, 0.05) is 33.3 Å². The van der Waals surface area contributed by atoms with Crippen LogP contribution in [0.4, 0.5) is 18.9 Å². The van der Waals surface area contributed by atoms with Crippen molar-refractivity contribution in [2.45, 2.75) is 29.8 Å². The number of aromatic nitrogens is 1. The molecule has 0 unspecified atom stereocenters. The molecule has 0 aliphatic carbocycles. The second kappa shape index (κ2) is 11.9. The molecular weight excluding hydrogens is 593 g/mol. The van der Waals surface area contributed by atoms with Crippen LogP contribution in [0.1, 0.15) is 41.0 Å². The van der Waals surface area contributed by atoms with Crippen LogP contribution < -0.4 is 21.5 Å². The van der Waals surface area contributed by atoms with E-state index in [2.05, 4.69) is 10.3 Å². The first kappa shape index (κ1) is 30.9. The zero-order valence-corrected chi connectivity index (χ0v) is 24.6. The van der Waals surface area contributed by atoms with E-state index in [4.69, 9.17) is 16.2 Å². The van der Waals surface area contributed by atoms with Crippen molar-refractivity contribution in [1.29, 1.82) is 0 Å². The number of nitrogen functional groups attached to an aromatic ring is 1. The van der Waals surface area contributed by atoms with Gasteiger partial charge < -0.3 is 26.6 Å². The van der Waals surface area contributed by atoms with Crippen LogP contribution in [0.5, 0.6) is 5.75 Å². The fourth-order valence-corrected chi connectivity index (χ4v) is 5.76. The number of ether oxygens (including phenoxy) is 1. The molecule has 4 aromatic rings. The summed E-state index contributed by atoms with van der Waals surface area (Å²) in [4.78, 5) is 31.1. The first-order valence-corrected chi connectivity index (χ1v) is 14.6. The predicted octanol–water partition coefficient (Wildman–Crippen LogP) is 4.66. The number of benzene rings is 3. The summed E-state index contributed by atoms with van der Waals surface area (Å²) in [5.41, 5.74) is 8.68. The van der Waals surface area contributed by atoms with Crippen molar-refractivity contribution in [1.82, 2.24) is 10.3 Å². The molecule has 228 valence electrons. The number of pyridine rings is 1. The van der Waals surface area contributed by atoms with Gasteiger partial charge in [-0.15, -0.1) is 11.8 Å². The maximum atomic E-state index is 15.1. The number of nitrogens with two attached hydrogens (primary N) is 2.